The molecule has 0 unspecified atom stereocenters. The molecule has 0 spiro atoms. The normalized spacial score (nSPS) is 10.4. The van der Waals surface area contributed by atoms with Gasteiger partial charge >= 0.3 is 0 Å². The summed E-state index contributed by atoms with van der Waals surface area (Å²) in [6.07, 6.45) is 0. The number of nitrogens with one attached hydrogen (secondary N) is 1. The Hall–Kier alpha value is -1.90. The molecule has 0 aliphatic rings. The summed E-state index contributed by atoms with van der Waals surface area (Å²) in [6, 6.07) is 9.53. The first-order chi connectivity index (χ1) is 8.56. The van der Waals surface area contributed by atoms with Crippen LogP contribution in [0.5, 0.6) is 0 Å². The second kappa shape index (κ2) is 5.17. The molecule has 18 heavy (non-hydrogen) atoms. The van der Waals surface area contributed by atoms with Gasteiger partial charge in [-0.25, -0.2) is 8.78 Å². The number of rotatable bonds is 3. The molecule has 2 rings (SSSR count). The summed E-state index contributed by atoms with van der Waals surface area (Å²) in [6.45, 7) is 4.23. The van der Waals surface area contributed by atoms with Crippen molar-refractivity contribution in [3.8, 4) is 0 Å². The maximum absolute atomic E-state index is 13.5. The van der Waals surface area contributed by atoms with E-state index < -0.39 is 0 Å². The smallest absolute Gasteiger partial charge is 0.146 e. The Kier molecular flexibility index (Phi) is 3.60. The van der Waals surface area contributed by atoms with Crippen molar-refractivity contribution < 1.29 is 8.78 Å². The molecule has 2 aromatic rings. The van der Waals surface area contributed by atoms with Gasteiger partial charge in [-0.15, -0.1) is 0 Å². The Morgan fingerprint density at radius 2 is 1.78 bits per heavy atom. The van der Waals surface area contributed by atoms with Gasteiger partial charge in [0, 0.05) is 6.54 Å². The Morgan fingerprint density at radius 3 is 2.50 bits per heavy atom. The van der Waals surface area contributed by atoms with Gasteiger partial charge < -0.3 is 5.32 Å². The summed E-state index contributed by atoms with van der Waals surface area (Å²) in [7, 11) is 0. The average molecular weight is 247 g/mol. The van der Waals surface area contributed by atoms with Crippen molar-refractivity contribution >= 4 is 5.69 Å². The SMILES string of the molecule is Cc1ccc(F)c(NCc2ccc(F)cc2C)c1. The monoisotopic (exact) mass is 247 g/mol. The molecule has 3 heteroatoms. The maximum atomic E-state index is 13.5. The Bertz CT molecular complexity index is 564. The number of aryl methyl sites for hydroxylation is 2. The molecule has 94 valence electrons. The fourth-order valence-electron chi connectivity index (χ4n) is 1.82. The van der Waals surface area contributed by atoms with E-state index in [4.69, 9.17) is 0 Å². The van der Waals surface area contributed by atoms with Crippen molar-refractivity contribution in [2.75, 3.05) is 5.32 Å². The van der Waals surface area contributed by atoms with Crippen LogP contribution >= 0.6 is 0 Å². The van der Waals surface area contributed by atoms with E-state index in [1.54, 1.807) is 18.2 Å². The maximum Gasteiger partial charge on any atom is 0.146 e. The van der Waals surface area contributed by atoms with Gasteiger partial charge in [0.1, 0.15) is 11.6 Å². The molecule has 0 radical (unpaired) electrons. The molecule has 0 bridgehead atoms. The van der Waals surface area contributed by atoms with Crippen LogP contribution in [0.4, 0.5) is 14.5 Å². The zero-order valence-corrected chi connectivity index (χ0v) is 10.4. The summed E-state index contributed by atoms with van der Waals surface area (Å²) >= 11 is 0. The van der Waals surface area contributed by atoms with Crippen LogP contribution in [0.2, 0.25) is 0 Å². The van der Waals surface area contributed by atoms with Crippen molar-refractivity contribution in [1.29, 1.82) is 0 Å². The minimum Gasteiger partial charge on any atom is -0.379 e. The molecule has 2 aromatic carbocycles. The minimum absolute atomic E-state index is 0.252. The van der Waals surface area contributed by atoms with Gasteiger partial charge in [0.2, 0.25) is 0 Å². The van der Waals surface area contributed by atoms with E-state index in [0.29, 0.717) is 12.2 Å². The zero-order valence-electron chi connectivity index (χ0n) is 10.4. The highest BCUT2D eigenvalue weighted by molar-refractivity contribution is 5.47. The molecule has 0 amide bonds. The lowest BCUT2D eigenvalue weighted by atomic mass is 10.1. The van der Waals surface area contributed by atoms with Crippen LogP contribution in [0.3, 0.4) is 0 Å². The van der Waals surface area contributed by atoms with Crippen molar-refractivity contribution in [2.45, 2.75) is 20.4 Å². The first-order valence-electron chi connectivity index (χ1n) is 5.81. The summed E-state index contributed by atoms with van der Waals surface area (Å²) in [5.41, 5.74) is 3.28. The lowest BCUT2D eigenvalue weighted by Crippen LogP contribution is -2.03. The summed E-state index contributed by atoms with van der Waals surface area (Å²) in [5.74, 6) is -0.529. The summed E-state index contributed by atoms with van der Waals surface area (Å²) in [5, 5.41) is 3.03. The number of hydrogen-bond donors (Lipinski definition) is 1. The van der Waals surface area contributed by atoms with Crippen molar-refractivity contribution in [2.24, 2.45) is 0 Å². The largest absolute Gasteiger partial charge is 0.379 e. The molecule has 1 nitrogen and oxygen atoms in total. The predicted molar refractivity (Wildman–Crippen MR) is 69.6 cm³/mol. The lowest BCUT2D eigenvalue weighted by molar-refractivity contribution is 0.624. The van der Waals surface area contributed by atoms with Crippen LogP contribution in [0, 0.1) is 25.5 Å². The predicted octanol–water partition coefficient (Wildman–Crippen LogP) is 4.19. The topological polar surface area (TPSA) is 12.0 Å². The van der Waals surface area contributed by atoms with Gasteiger partial charge in [0.05, 0.1) is 5.69 Å². The zero-order chi connectivity index (χ0) is 13.1. The van der Waals surface area contributed by atoms with E-state index in [9.17, 15) is 8.78 Å². The lowest BCUT2D eigenvalue weighted by Gasteiger charge is -2.10. The van der Waals surface area contributed by atoms with Gasteiger partial charge in [0.15, 0.2) is 0 Å². The Balaban J connectivity index is 2.13. The third kappa shape index (κ3) is 2.86. The second-order valence-electron chi connectivity index (χ2n) is 4.41. The molecule has 0 aliphatic carbocycles. The summed E-state index contributed by atoms with van der Waals surface area (Å²) < 4.78 is 26.5. The van der Waals surface area contributed by atoms with Crippen LogP contribution in [0.15, 0.2) is 36.4 Å². The molecule has 0 saturated carbocycles. The van der Waals surface area contributed by atoms with Crippen molar-refractivity contribution in [1.82, 2.24) is 0 Å². The van der Waals surface area contributed by atoms with Gasteiger partial charge in [0.25, 0.3) is 0 Å². The van der Waals surface area contributed by atoms with Crippen LogP contribution in [-0.4, -0.2) is 0 Å². The van der Waals surface area contributed by atoms with Gasteiger partial charge in [-0.3, -0.25) is 0 Å². The molecular weight excluding hydrogens is 232 g/mol. The van der Waals surface area contributed by atoms with E-state index >= 15 is 0 Å². The molecular formula is C15H15F2N. The van der Waals surface area contributed by atoms with Crippen LogP contribution in [-0.2, 0) is 6.54 Å². The molecule has 0 heterocycles. The number of benzene rings is 2. The standard InChI is InChI=1S/C15H15F2N/c1-10-3-6-14(17)15(7-10)18-9-12-4-5-13(16)8-11(12)2/h3-8,18H,9H2,1-2H3. The van der Waals surface area contributed by atoms with E-state index in [1.807, 2.05) is 13.8 Å². The fourth-order valence-corrected chi connectivity index (χ4v) is 1.82. The van der Waals surface area contributed by atoms with Gasteiger partial charge in [-0.2, -0.15) is 0 Å². The Morgan fingerprint density at radius 1 is 1.00 bits per heavy atom. The third-order valence-electron chi connectivity index (χ3n) is 2.90. The Labute approximate surface area is 105 Å². The van der Waals surface area contributed by atoms with Crippen LogP contribution in [0.1, 0.15) is 16.7 Å². The molecule has 0 fully saturated rings. The van der Waals surface area contributed by atoms with E-state index in [1.165, 1.54) is 18.2 Å². The third-order valence-corrected chi connectivity index (χ3v) is 2.90. The molecule has 0 saturated heterocycles. The quantitative estimate of drug-likeness (QED) is 0.857. The van der Waals surface area contributed by atoms with Crippen molar-refractivity contribution in [3.05, 3.63) is 64.7 Å². The van der Waals surface area contributed by atoms with Crippen molar-refractivity contribution in [3.63, 3.8) is 0 Å². The van der Waals surface area contributed by atoms with Crippen LogP contribution in [0.25, 0.3) is 0 Å². The molecule has 1 N–H and O–H groups in total. The van der Waals surface area contributed by atoms with E-state index in [-0.39, 0.29) is 11.6 Å². The highest BCUT2D eigenvalue weighted by Gasteiger charge is 2.04. The number of halogens is 2. The second-order valence-corrected chi connectivity index (χ2v) is 4.41. The minimum atomic E-state index is -0.277. The highest BCUT2D eigenvalue weighted by atomic mass is 19.1. The van der Waals surface area contributed by atoms with Gasteiger partial charge in [-0.1, -0.05) is 12.1 Å². The number of anilines is 1. The van der Waals surface area contributed by atoms with E-state index in [2.05, 4.69) is 5.32 Å². The summed E-state index contributed by atoms with van der Waals surface area (Å²) in [4.78, 5) is 0. The fraction of sp³-hybridized carbons (Fsp3) is 0.200. The first-order valence-corrected chi connectivity index (χ1v) is 5.81. The van der Waals surface area contributed by atoms with E-state index in [0.717, 1.165) is 16.7 Å². The average Bonchev–Trinajstić information content (AvgIpc) is 2.32. The molecule has 0 aliphatic heterocycles. The molecule has 0 atom stereocenters. The first kappa shape index (κ1) is 12.6. The van der Waals surface area contributed by atoms with Crippen LogP contribution < -0.4 is 5.32 Å². The molecule has 0 aromatic heterocycles. The number of hydrogen-bond acceptors (Lipinski definition) is 1. The van der Waals surface area contributed by atoms with Gasteiger partial charge in [-0.05, 0) is 54.8 Å². The highest BCUT2D eigenvalue weighted by Crippen LogP contribution is 2.18.